The van der Waals surface area contributed by atoms with Crippen molar-refractivity contribution in [2.75, 3.05) is 0 Å². The fourth-order valence-electron chi connectivity index (χ4n) is 1.57. The molecule has 2 rings (SSSR count). The minimum absolute atomic E-state index is 0.525. The van der Waals surface area contributed by atoms with Gasteiger partial charge in [-0.3, -0.25) is 4.57 Å². The fraction of sp³-hybridized carbons (Fsp3) is 0.273. The minimum Gasteiger partial charge on any atom is -0.326 e. The van der Waals surface area contributed by atoms with Crippen LogP contribution in [0.5, 0.6) is 0 Å². The molecular weight excluding hydrogens is 188 g/mol. The van der Waals surface area contributed by atoms with Gasteiger partial charge in [0.15, 0.2) is 0 Å². The Hall–Kier alpha value is -1.68. The van der Waals surface area contributed by atoms with E-state index in [1.54, 1.807) is 12.7 Å². The number of nitrogens with zero attached hydrogens (tertiary/aromatic N) is 3. The predicted octanol–water partition coefficient (Wildman–Crippen LogP) is 1.29. The molecule has 0 radical (unpaired) electrons. The van der Waals surface area contributed by atoms with Gasteiger partial charge in [0.2, 0.25) is 0 Å². The van der Waals surface area contributed by atoms with Crippen molar-refractivity contribution in [3.05, 3.63) is 42.0 Å². The van der Waals surface area contributed by atoms with Gasteiger partial charge in [0.25, 0.3) is 0 Å². The first kappa shape index (κ1) is 9.86. The second kappa shape index (κ2) is 4.23. The lowest BCUT2D eigenvalue weighted by Gasteiger charge is -2.09. The zero-order valence-corrected chi connectivity index (χ0v) is 8.72. The van der Waals surface area contributed by atoms with Crippen molar-refractivity contribution in [1.82, 2.24) is 14.8 Å². The van der Waals surface area contributed by atoms with E-state index in [9.17, 15) is 0 Å². The van der Waals surface area contributed by atoms with Crippen molar-refractivity contribution in [3.63, 3.8) is 0 Å². The van der Waals surface area contributed by atoms with Gasteiger partial charge in [-0.25, -0.2) is 0 Å². The highest BCUT2D eigenvalue weighted by Gasteiger charge is 2.04. The quantitative estimate of drug-likeness (QED) is 0.815. The SMILES string of the molecule is CCc1ccc(CN)c(-n2cnnc2)c1. The average Bonchev–Trinajstić information content (AvgIpc) is 2.81. The Morgan fingerprint density at radius 1 is 1.27 bits per heavy atom. The van der Waals surface area contributed by atoms with Crippen LogP contribution >= 0.6 is 0 Å². The molecule has 2 aromatic rings. The largest absolute Gasteiger partial charge is 0.326 e. The molecule has 0 aliphatic heterocycles. The Morgan fingerprint density at radius 2 is 2.00 bits per heavy atom. The number of benzene rings is 1. The smallest absolute Gasteiger partial charge is 0.123 e. The summed E-state index contributed by atoms with van der Waals surface area (Å²) in [5.41, 5.74) is 9.16. The molecule has 4 heteroatoms. The summed E-state index contributed by atoms with van der Waals surface area (Å²) >= 11 is 0. The molecule has 15 heavy (non-hydrogen) atoms. The third-order valence-electron chi connectivity index (χ3n) is 2.47. The Labute approximate surface area is 88.8 Å². The van der Waals surface area contributed by atoms with Crippen LogP contribution in [-0.4, -0.2) is 14.8 Å². The number of hydrogen-bond acceptors (Lipinski definition) is 3. The van der Waals surface area contributed by atoms with Crippen LogP contribution in [0.25, 0.3) is 5.69 Å². The Bertz CT molecular complexity index is 434. The molecule has 0 unspecified atom stereocenters. The zero-order chi connectivity index (χ0) is 10.7. The van der Waals surface area contributed by atoms with Crippen LogP contribution in [0.2, 0.25) is 0 Å². The number of rotatable bonds is 3. The molecule has 0 bridgehead atoms. The second-order valence-corrected chi connectivity index (χ2v) is 3.39. The molecule has 4 nitrogen and oxygen atoms in total. The van der Waals surface area contributed by atoms with Gasteiger partial charge in [-0.05, 0) is 23.6 Å². The first-order valence-corrected chi connectivity index (χ1v) is 5.02. The summed E-state index contributed by atoms with van der Waals surface area (Å²) in [6.45, 7) is 2.66. The van der Waals surface area contributed by atoms with Gasteiger partial charge in [-0.2, -0.15) is 0 Å². The lowest BCUT2D eigenvalue weighted by Crippen LogP contribution is -2.04. The van der Waals surface area contributed by atoms with E-state index in [0.29, 0.717) is 6.54 Å². The molecule has 1 aromatic heterocycles. The average molecular weight is 202 g/mol. The van der Waals surface area contributed by atoms with E-state index in [1.165, 1.54) is 5.56 Å². The molecule has 0 aliphatic rings. The Kier molecular flexibility index (Phi) is 2.78. The van der Waals surface area contributed by atoms with E-state index in [2.05, 4.69) is 35.3 Å². The van der Waals surface area contributed by atoms with E-state index < -0.39 is 0 Å². The van der Waals surface area contributed by atoms with E-state index in [4.69, 9.17) is 5.73 Å². The van der Waals surface area contributed by atoms with Crippen molar-refractivity contribution in [3.8, 4) is 5.69 Å². The van der Waals surface area contributed by atoms with Crippen molar-refractivity contribution < 1.29 is 0 Å². The molecule has 0 atom stereocenters. The fourth-order valence-corrected chi connectivity index (χ4v) is 1.57. The van der Waals surface area contributed by atoms with E-state index in [-0.39, 0.29) is 0 Å². The number of hydrogen-bond donors (Lipinski definition) is 1. The van der Waals surface area contributed by atoms with Crippen LogP contribution < -0.4 is 5.73 Å². The number of nitrogens with two attached hydrogens (primary N) is 1. The molecule has 0 saturated carbocycles. The number of aryl methyl sites for hydroxylation is 1. The first-order valence-electron chi connectivity index (χ1n) is 5.02. The summed E-state index contributed by atoms with van der Waals surface area (Å²) in [6.07, 6.45) is 4.39. The molecule has 0 aliphatic carbocycles. The van der Waals surface area contributed by atoms with Crippen molar-refractivity contribution in [1.29, 1.82) is 0 Å². The molecule has 78 valence electrons. The summed E-state index contributed by atoms with van der Waals surface area (Å²) in [4.78, 5) is 0. The van der Waals surface area contributed by atoms with Crippen LogP contribution in [0.15, 0.2) is 30.9 Å². The van der Waals surface area contributed by atoms with Gasteiger partial charge in [-0.15, -0.1) is 10.2 Å². The highest BCUT2D eigenvalue weighted by Crippen LogP contribution is 2.16. The van der Waals surface area contributed by atoms with E-state index in [0.717, 1.165) is 17.7 Å². The summed E-state index contributed by atoms with van der Waals surface area (Å²) in [6, 6.07) is 6.30. The lowest BCUT2D eigenvalue weighted by atomic mass is 10.1. The van der Waals surface area contributed by atoms with Gasteiger partial charge in [0.1, 0.15) is 12.7 Å². The maximum absolute atomic E-state index is 5.69. The summed E-state index contributed by atoms with van der Waals surface area (Å²) in [7, 11) is 0. The standard InChI is InChI=1S/C11H14N4/c1-2-9-3-4-10(6-12)11(5-9)15-7-13-14-8-15/h3-5,7-8H,2,6,12H2,1H3. The topological polar surface area (TPSA) is 56.7 Å². The van der Waals surface area contributed by atoms with Crippen molar-refractivity contribution >= 4 is 0 Å². The minimum atomic E-state index is 0.525. The molecule has 2 N–H and O–H groups in total. The summed E-state index contributed by atoms with van der Waals surface area (Å²) in [5, 5.41) is 7.60. The molecule has 0 spiro atoms. The van der Waals surface area contributed by atoms with Gasteiger partial charge in [0, 0.05) is 6.54 Å². The van der Waals surface area contributed by atoms with Crippen LogP contribution in [-0.2, 0) is 13.0 Å². The Balaban J connectivity index is 2.52. The predicted molar refractivity (Wildman–Crippen MR) is 58.6 cm³/mol. The third kappa shape index (κ3) is 1.89. The lowest BCUT2D eigenvalue weighted by molar-refractivity contribution is 0.970. The van der Waals surface area contributed by atoms with Gasteiger partial charge in [-0.1, -0.05) is 19.1 Å². The normalized spacial score (nSPS) is 10.5. The van der Waals surface area contributed by atoms with Crippen molar-refractivity contribution in [2.24, 2.45) is 5.73 Å². The summed E-state index contributed by atoms with van der Waals surface area (Å²) in [5.74, 6) is 0. The van der Waals surface area contributed by atoms with Gasteiger partial charge < -0.3 is 5.73 Å². The van der Waals surface area contributed by atoms with Crippen LogP contribution in [0.3, 0.4) is 0 Å². The molecule has 1 aromatic carbocycles. The van der Waals surface area contributed by atoms with E-state index in [1.807, 2.05) is 4.57 Å². The molecule has 0 amide bonds. The molecule has 0 saturated heterocycles. The highest BCUT2D eigenvalue weighted by molar-refractivity contribution is 5.43. The molecule has 1 heterocycles. The monoisotopic (exact) mass is 202 g/mol. The zero-order valence-electron chi connectivity index (χ0n) is 8.72. The maximum Gasteiger partial charge on any atom is 0.123 e. The molecule has 0 fully saturated rings. The van der Waals surface area contributed by atoms with Gasteiger partial charge >= 0.3 is 0 Å². The molecular formula is C11H14N4. The van der Waals surface area contributed by atoms with Crippen LogP contribution in [0.1, 0.15) is 18.1 Å². The van der Waals surface area contributed by atoms with Crippen molar-refractivity contribution in [2.45, 2.75) is 19.9 Å². The van der Waals surface area contributed by atoms with Crippen LogP contribution in [0, 0.1) is 0 Å². The summed E-state index contributed by atoms with van der Waals surface area (Å²) < 4.78 is 1.89. The first-order chi connectivity index (χ1) is 7.35. The second-order valence-electron chi connectivity index (χ2n) is 3.39. The van der Waals surface area contributed by atoms with Crippen LogP contribution in [0.4, 0.5) is 0 Å². The highest BCUT2D eigenvalue weighted by atomic mass is 15.2. The maximum atomic E-state index is 5.69. The number of aromatic nitrogens is 3. The Morgan fingerprint density at radius 3 is 2.60 bits per heavy atom. The van der Waals surface area contributed by atoms with E-state index >= 15 is 0 Å². The van der Waals surface area contributed by atoms with Gasteiger partial charge in [0.05, 0.1) is 5.69 Å². The third-order valence-corrected chi connectivity index (χ3v) is 2.47.